The summed E-state index contributed by atoms with van der Waals surface area (Å²) in [6.07, 6.45) is 0. The zero-order valence-electron chi connectivity index (χ0n) is 12.1. The first kappa shape index (κ1) is 18.7. The first-order valence-corrected chi connectivity index (χ1v) is 7.90. The lowest BCUT2D eigenvalue weighted by Gasteiger charge is -1.93. The van der Waals surface area contributed by atoms with Crippen LogP contribution in [0.25, 0.3) is 0 Å². The molecule has 0 bridgehead atoms. The molecule has 0 aliphatic rings. The molecule has 0 spiro atoms. The second kappa shape index (κ2) is 7.30. The van der Waals surface area contributed by atoms with Gasteiger partial charge in [0.25, 0.3) is 0 Å². The van der Waals surface area contributed by atoms with E-state index in [1.165, 1.54) is 9.13 Å². The van der Waals surface area contributed by atoms with E-state index >= 15 is 0 Å². The number of rotatable bonds is 2. The van der Waals surface area contributed by atoms with Crippen molar-refractivity contribution in [3.05, 3.63) is 39.3 Å². The molecule has 0 amide bonds. The van der Waals surface area contributed by atoms with Crippen LogP contribution in [0.15, 0.2) is 0 Å². The van der Waals surface area contributed by atoms with Gasteiger partial charge in [-0.1, -0.05) is 0 Å². The van der Waals surface area contributed by atoms with Gasteiger partial charge in [-0.25, -0.2) is 9.13 Å². The Labute approximate surface area is 152 Å². The van der Waals surface area contributed by atoms with E-state index in [0.717, 1.165) is 0 Å². The molecule has 0 aromatic carbocycles. The van der Waals surface area contributed by atoms with Crippen LogP contribution in [0.4, 0.5) is 11.6 Å². The fraction of sp³-hybridized carbons (Fsp3) is 0.400. The van der Waals surface area contributed by atoms with E-state index in [1.807, 2.05) is 45.2 Å². The molecule has 2 aromatic heterocycles. The summed E-state index contributed by atoms with van der Waals surface area (Å²) >= 11 is 3.70. The first-order valence-electron chi connectivity index (χ1n) is 5.74. The fourth-order valence-electron chi connectivity index (χ4n) is 1.51. The Morgan fingerprint density at radius 3 is 1.23 bits per heavy atom. The number of nitrogens with zero attached hydrogens (tertiary/aromatic N) is 6. The van der Waals surface area contributed by atoms with Gasteiger partial charge >= 0.3 is 11.6 Å². The van der Waals surface area contributed by atoms with Gasteiger partial charge in [0, 0.05) is 13.8 Å². The second-order valence-corrected chi connectivity index (χ2v) is 6.22. The average molecular weight is 534 g/mol. The highest BCUT2D eigenvalue weighted by Gasteiger charge is 2.20. The normalized spacial score (nSPS) is 10.1. The highest BCUT2D eigenvalue weighted by atomic mass is 127. The van der Waals surface area contributed by atoms with Crippen LogP contribution in [-0.4, -0.2) is 28.9 Å². The van der Waals surface area contributed by atoms with E-state index in [4.69, 9.17) is 0 Å². The molecule has 0 saturated carbocycles. The largest absolute Gasteiger partial charge is 0.358 e. The average Bonchev–Trinajstić information content (AvgIpc) is 2.77. The van der Waals surface area contributed by atoms with E-state index in [-0.39, 0.29) is 11.6 Å². The Hall–Kier alpha value is -1.32. The summed E-state index contributed by atoms with van der Waals surface area (Å²) in [6.45, 7) is 3.46. The smallest absolute Gasteiger partial charge is 0.356 e. The van der Waals surface area contributed by atoms with E-state index in [9.17, 15) is 20.2 Å². The molecule has 0 saturated heterocycles. The summed E-state index contributed by atoms with van der Waals surface area (Å²) in [7, 11) is 3.26. The Morgan fingerprint density at radius 2 is 1.14 bits per heavy atom. The molecule has 12 heteroatoms. The fourth-order valence-corrected chi connectivity index (χ4v) is 3.33. The predicted octanol–water partition coefficient (Wildman–Crippen LogP) is 2.48. The molecule has 10 nitrogen and oxygen atoms in total. The number of nitro groups is 2. The Bertz CT molecular complexity index is 676. The predicted molar refractivity (Wildman–Crippen MR) is 94.6 cm³/mol. The van der Waals surface area contributed by atoms with Crippen molar-refractivity contribution in [1.29, 1.82) is 0 Å². The van der Waals surface area contributed by atoms with E-state index < -0.39 is 9.85 Å². The standard InChI is InChI=1S/2C5H6IN3O2/c2*1-3-7-4(6)5(8(3)2)9(10)11/h2*1-2H3. The lowest BCUT2D eigenvalue weighted by molar-refractivity contribution is -0.393. The van der Waals surface area contributed by atoms with Crippen LogP contribution < -0.4 is 0 Å². The highest BCUT2D eigenvalue weighted by Crippen LogP contribution is 2.20. The molecule has 2 heterocycles. The first-order chi connectivity index (χ1) is 10.1. The molecular formula is C10H12I2N6O4. The number of imidazole rings is 2. The Balaban J connectivity index is 0.000000220. The quantitative estimate of drug-likeness (QED) is 0.332. The molecule has 120 valence electrons. The maximum Gasteiger partial charge on any atom is 0.356 e. The van der Waals surface area contributed by atoms with Gasteiger partial charge in [-0.3, -0.25) is 0 Å². The Morgan fingerprint density at radius 1 is 0.864 bits per heavy atom. The zero-order chi connectivity index (χ0) is 17.2. The lowest BCUT2D eigenvalue weighted by Crippen LogP contribution is -1.99. The van der Waals surface area contributed by atoms with Gasteiger partial charge in [0.1, 0.15) is 0 Å². The van der Waals surface area contributed by atoms with E-state index in [2.05, 4.69) is 9.97 Å². The van der Waals surface area contributed by atoms with Gasteiger partial charge in [-0.15, -0.1) is 0 Å². The molecule has 22 heavy (non-hydrogen) atoms. The van der Waals surface area contributed by atoms with Gasteiger partial charge in [-0.05, 0) is 55.0 Å². The summed E-state index contributed by atoms with van der Waals surface area (Å²) in [4.78, 5) is 27.8. The van der Waals surface area contributed by atoms with Crippen molar-refractivity contribution < 1.29 is 9.85 Å². The van der Waals surface area contributed by atoms with Crippen molar-refractivity contribution in [2.24, 2.45) is 14.1 Å². The van der Waals surface area contributed by atoms with Crippen molar-refractivity contribution in [3.63, 3.8) is 0 Å². The minimum absolute atomic E-state index is 0.0584. The van der Waals surface area contributed by atoms with Gasteiger partial charge in [0.15, 0.2) is 19.1 Å². The lowest BCUT2D eigenvalue weighted by atomic mass is 10.7. The molecular weight excluding hydrogens is 522 g/mol. The molecule has 2 aromatic rings. The monoisotopic (exact) mass is 534 g/mol. The van der Waals surface area contributed by atoms with Crippen molar-refractivity contribution in [3.8, 4) is 0 Å². The van der Waals surface area contributed by atoms with Crippen LogP contribution in [0.2, 0.25) is 0 Å². The zero-order valence-corrected chi connectivity index (χ0v) is 16.4. The molecule has 0 unspecified atom stereocenters. The van der Waals surface area contributed by atoms with Gasteiger partial charge in [0.05, 0.1) is 14.1 Å². The van der Waals surface area contributed by atoms with Gasteiger partial charge in [-0.2, -0.15) is 9.97 Å². The second-order valence-electron chi connectivity index (χ2n) is 4.18. The third kappa shape index (κ3) is 3.90. The van der Waals surface area contributed by atoms with Crippen molar-refractivity contribution in [2.75, 3.05) is 0 Å². The summed E-state index contributed by atoms with van der Waals surface area (Å²) in [6, 6.07) is 0. The molecule has 2 rings (SSSR count). The molecule has 0 aliphatic carbocycles. The number of aryl methyl sites for hydroxylation is 2. The highest BCUT2D eigenvalue weighted by molar-refractivity contribution is 14.1. The molecule has 0 radical (unpaired) electrons. The van der Waals surface area contributed by atoms with Crippen LogP contribution in [0, 0.1) is 41.5 Å². The van der Waals surface area contributed by atoms with Crippen molar-refractivity contribution in [2.45, 2.75) is 13.8 Å². The number of hydrogen-bond donors (Lipinski definition) is 0. The van der Waals surface area contributed by atoms with E-state index in [1.54, 1.807) is 27.9 Å². The summed E-state index contributed by atoms with van der Waals surface area (Å²) in [5.74, 6) is 1.42. The minimum atomic E-state index is -0.429. The van der Waals surface area contributed by atoms with Crippen LogP contribution in [0.5, 0.6) is 0 Å². The van der Waals surface area contributed by atoms with Crippen LogP contribution >= 0.6 is 45.2 Å². The van der Waals surface area contributed by atoms with Crippen LogP contribution in [-0.2, 0) is 14.1 Å². The summed E-state index contributed by atoms with van der Waals surface area (Å²) < 4.78 is 3.80. The van der Waals surface area contributed by atoms with Crippen molar-refractivity contribution in [1.82, 2.24) is 19.1 Å². The number of hydrogen-bond acceptors (Lipinski definition) is 6. The minimum Gasteiger partial charge on any atom is -0.358 e. The van der Waals surface area contributed by atoms with Crippen molar-refractivity contribution >= 4 is 56.8 Å². The van der Waals surface area contributed by atoms with Crippen LogP contribution in [0.1, 0.15) is 11.6 Å². The molecule has 0 atom stereocenters. The van der Waals surface area contributed by atoms with Gasteiger partial charge in [0.2, 0.25) is 0 Å². The summed E-state index contributed by atoms with van der Waals surface area (Å²) in [5, 5.41) is 20.8. The molecule has 0 fully saturated rings. The third-order valence-electron chi connectivity index (χ3n) is 2.84. The van der Waals surface area contributed by atoms with E-state index in [0.29, 0.717) is 19.1 Å². The Kier molecular flexibility index (Phi) is 6.21. The third-order valence-corrected chi connectivity index (χ3v) is 4.29. The topological polar surface area (TPSA) is 122 Å². The van der Waals surface area contributed by atoms with Crippen LogP contribution in [0.3, 0.4) is 0 Å². The number of halogens is 2. The summed E-state index contributed by atoms with van der Waals surface area (Å²) in [5.41, 5.74) is 0. The molecule has 0 N–H and O–H groups in total. The van der Waals surface area contributed by atoms with Gasteiger partial charge < -0.3 is 20.2 Å². The maximum absolute atomic E-state index is 10.4. The SMILES string of the molecule is Cc1nc(I)c([N+](=O)[O-])n1C.Cc1nc(I)c([N+](=O)[O-])n1C. The number of aromatic nitrogens is 4. The maximum atomic E-state index is 10.4. The molecule has 0 aliphatic heterocycles.